The lowest BCUT2D eigenvalue weighted by Gasteiger charge is -2.14. The number of benzene rings is 1. The lowest BCUT2D eigenvalue weighted by molar-refractivity contribution is 0.0949. The molecule has 1 aromatic carbocycles. The largest absolute Gasteiger partial charge is 0.475 e. The number of rotatable bonds is 5. The first-order chi connectivity index (χ1) is 12.4. The van der Waals surface area contributed by atoms with Gasteiger partial charge in [0.05, 0.1) is 22.9 Å². The fourth-order valence-electron chi connectivity index (χ4n) is 2.78. The van der Waals surface area contributed by atoms with Crippen LogP contribution in [0.25, 0.3) is 10.9 Å². The fourth-order valence-corrected chi connectivity index (χ4v) is 2.78. The van der Waals surface area contributed by atoms with Crippen molar-refractivity contribution < 1.29 is 9.53 Å². The summed E-state index contributed by atoms with van der Waals surface area (Å²) in [4.78, 5) is 21.5. The van der Waals surface area contributed by atoms with Crippen LogP contribution in [0.1, 0.15) is 41.0 Å². The Labute approximate surface area is 153 Å². The van der Waals surface area contributed by atoms with Crippen LogP contribution in [0.15, 0.2) is 42.6 Å². The van der Waals surface area contributed by atoms with E-state index in [2.05, 4.69) is 15.3 Å². The third-order valence-electron chi connectivity index (χ3n) is 4.04. The molecule has 0 spiro atoms. The van der Waals surface area contributed by atoms with Gasteiger partial charge in [-0.15, -0.1) is 0 Å². The van der Waals surface area contributed by atoms with Gasteiger partial charge in [-0.2, -0.15) is 0 Å². The number of nitrogens with zero attached hydrogens (tertiary/aromatic N) is 2. The van der Waals surface area contributed by atoms with Crippen LogP contribution in [0.3, 0.4) is 0 Å². The second-order valence-electron chi connectivity index (χ2n) is 6.63. The summed E-state index contributed by atoms with van der Waals surface area (Å²) >= 11 is 0. The summed E-state index contributed by atoms with van der Waals surface area (Å²) in [6, 6.07) is 11.7. The number of nitrogens with one attached hydrogen (secondary N) is 1. The number of carbonyl (C=O) groups excluding carboxylic acids is 1. The maximum atomic E-state index is 12.7. The van der Waals surface area contributed by atoms with Crippen LogP contribution in [-0.4, -0.2) is 22.0 Å². The van der Waals surface area contributed by atoms with Gasteiger partial charge in [-0.25, -0.2) is 4.98 Å². The zero-order valence-corrected chi connectivity index (χ0v) is 15.5. The van der Waals surface area contributed by atoms with Crippen molar-refractivity contribution in [2.24, 2.45) is 0 Å². The van der Waals surface area contributed by atoms with Crippen molar-refractivity contribution in [2.75, 3.05) is 0 Å². The van der Waals surface area contributed by atoms with E-state index in [0.29, 0.717) is 23.7 Å². The molecule has 0 aliphatic rings. The lowest BCUT2D eigenvalue weighted by Crippen LogP contribution is -2.24. The highest BCUT2D eigenvalue weighted by molar-refractivity contribution is 5.98. The van der Waals surface area contributed by atoms with E-state index in [1.807, 2.05) is 64.1 Å². The molecule has 0 radical (unpaired) electrons. The topological polar surface area (TPSA) is 64.1 Å². The van der Waals surface area contributed by atoms with E-state index >= 15 is 0 Å². The molecule has 2 aromatic heterocycles. The molecular formula is C21H23N3O2. The first-order valence-corrected chi connectivity index (χ1v) is 8.71. The molecule has 5 nitrogen and oxygen atoms in total. The average Bonchev–Trinajstić information content (AvgIpc) is 2.60. The summed E-state index contributed by atoms with van der Waals surface area (Å²) in [5.41, 5.74) is 4.17. The second-order valence-corrected chi connectivity index (χ2v) is 6.63. The van der Waals surface area contributed by atoms with E-state index in [1.165, 1.54) is 0 Å². The maximum Gasteiger partial charge on any atom is 0.253 e. The Bertz CT molecular complexity index is 951. The van der Waals surface area contributed by atoms with Gasteiger partial charge < -0.3 is 10.1 Å². The molecule has 1 N–H and O–H groups in total. The van der Waals surface area contributed by atoms with Crippen LogP contribution in [0.4, 0.5) is 0 Å². The molecule has 0 saturated heterocycles. The minimum atomic E-state index is -0.155. The Balaban J connectivity index is 1.81. The third-order valence-corrected chi connectivity index (χ3v) is 4.04. The predicted octanol–water partition coefficient (Wildman–Crippen LogP) is 3.96. The minimum Gasteiger partial charge on any atom is -0.475 e. The number of ether oxygens (including phenoxy) is 1. The van der Waals surface area contributed by atoms with Crippen LogP contribution in [0.2, 0.25) is 0 Å². The van der Waals surface area contributed by atoms with E-state index in [-0.39, 0.29) is 12.0 Å². The molecule has 0 atom stereocenters. The van der Waals surface area contributed by atoms with Crippen LogP contribution < -0.4 is 10.1 Å². The molecule has 0 aliphatic carbocycles. The molecule has 0 bridgehead atoms. The summed E-state index contributed by atoms with van der Waals surface area (Å²) < 4.78 is 5.70. The molecule has 5 heteroatoms. The van der Waals surface area contributed by atoms with E-state index in [1.54, 1.807) is 6.20 Å². The SMILES string of the molecule is Cc1ccc2nc(C)c(C(=O)NCc3cccnc3OC(C)C)cc2c1. The van der Waals surface area contributed by atoms with E-state index < -0.39 is 0 Å². The van der Waals surface area contributed by atoms with Crippen molar-refractivity contribution in [2.45, 2.75) is 40.3 Å². The van der Waals surface area contributed by atoms with Crippen molar-refractivity contribution >= 4 is 16.8 Å². The van der Waals surface area contributed by atoms with Crippen LogP contribution in [0.5, 0.6) is 5.88 Å². The number of hydrogen-bond donors (Lipinski definition) is 1. The summed E-state index contributed by atoms with van der Waals surface area (Å²) in [6.07, 6.45) is 1.71. The number of hydrogen-bond acceptors (Lipinski definition) is 4. The van der Waals surface area contributed by atoms with Gasteiger partial charge in [-0.05, 0) is 52.0 Å². The molecule has 0 saturated carbocycles. The molecule has 0 unspecified atom stereocenters. The van der Waals surface area contributed by atoms with E-state index in [0.717, 1.165) is 22.0 Å². The van der Waals surface area contributed by atoms with Gasteiger partial charge in [0.25, 0.3) is 5.91 Å². The summed E-state index contributed by atoms with van der Waals surface area (Å²) in [6.45, 7) is 8.12. The Hall–Kier alpha value is -2.95. The summed E-state index contributed by atoms with van der Waals surface area (Å²) in [5.74, 6) is 0.393. The highest BCUT2D eigenvalue weighted by Crippen LogP contribution is 2.19. The van der Waals surface area contributed by atoms with Gasteiger partial charge >= 0.3 is 0 Å². The zero-order valence-electron chi connectivity index (χ0n) is 15.5. The molecule has 0 fully saturated rings. The Morgan fingerprint density at radius 3 is 2.77 bits per heavy atom. The number of carbonyl (C=O) groups is 1. The number of pyridine rings is 2. The number of aryl methyl sites for hydroxylation is 2. The molecule has 2 heterocycles. The standard InChI is InChI=1S/C21H23N3O2/c1-13(2)26-21-16(6-5-9-22-21)12-23-20(25)18-11-17-10-14(3)7-8-19(17)24-15(18)4/h5-11,13H,12H2,1-4H3,(H,23,25). The predicted molar refractivity (Wildman–Crippen MR) is 102 cm³/mol. The normalized spacial score (nSPS) is 11.0. The first kappa shape index (κ1) is 17.9. The van der Waals surface area contributed by atoms with Gasteiger partial charge in [0.1, 0.15) is 0 Å². The molecule has 134 valence electrons. The van der Waals surface area contributed by atoms with Crippen LogP contribution in [0, 0.1) is 13.8 Å². The quantitative estimate of drug-likeness (QED) is 0.757. The molecular weight excluding hydrogens is 326 g/mol. The van der Waals surface area contributed by atoms with Crippen molar-refractivity contribution in [3.63, 3.8) is 0 Å². The highest BCUT2D eigenvalue weighted by Gasteiger charge is 2.13. The smallest absolute Gasteiger partial charge is 0.253 e. The highest BCUT2D eigenvalue weighted by atomic mass is 16.5. The minimum absolute atomic E-state index is 0.0227. The summed E-state index contributed by atoms with van der Waals surface area (Å²) in [5, 5.41) is 3.91. The van der Waals surface area contributed by atoms with Crippen LogP contribution in [-0.2, 0) is 6.54 Å². The molecule has 26 heavy (non-hydrogen) atoms. The Morgan fingerprint density at radius 2 is 2.00 bits per heavy atom. The Kier molecular flexibility index (Phi) is 5.16. The lowest BCUT2D eigenvalue weighted by atomic mass is 10.1. The maximum absolute atomic E-state index is 12.7. The van der Waals surface area contributed by atoms with E-state index in [9.17, 15) is 4.79 Å². The molecule has 0 aliphatic heterocycles. The van der Waals surface area contributed by atoms with Crippen molar-refractivity contribution in [3.05, 3.63) is 65.0 Å². The van der Waals surface area contributed by atoms with Gasteiger partial charge in [0, 0.05) is 23.7 Å². The first-order valence-electron chi connectivity index (χ1n) is 8.71. The van der Waals surface area contributed by atoms with Gasteiger partial charge in [-0.1, -0.05) is 17.7 Å². The van der Waals surface area contributed by atoms with Gasteiger partial charge in [0.2, 0.25) is 5.88 Å². The van der Waals surface area contributed by atoms with E-state index in [4.69, 9.17) is 4.74 Å². The number of aromatic nitrogens is 2. The second kappa shape index (κ2) is 7.52. The van der Waals surface area contributed by atoms with Gasteiger partial charge in [0.15, 0.2) is 0 Å². The molecule has 1 amide bonds. The van der Waals surface area contributed by atoms with Crippen molar-refractivity contribution in [3.8, 4) is 5.88 Å². The number of amides is 1. The van der Waals surface area contributed by atoms with Crippen molar-refractivity contribution in [1.29, 1.82) is 0 Å². The third kappa shape index (κ3) is 3.99. The van der Waals surface area contributed by atoms with Crippen LogP contribution >= 0.6 is 0 Å². The fraction of sp³-hybridized carbons (Fsp3) is 0.286. The average molecular weight is 349 g/mol. The molecule has 3 rings (SSSR count). The van der Waals surface area contributed by atoms with Crippen molar-refractivity contribution in [1.82, 2.24) is 15.3 Å². The number of fused-ring (bicyclic) bond motifs is 1. The Morgan fingerprint density at radius 1 is 1.19 bits per heavy atom. The zero-order chi connectivity index (χ0) is 18.7. The summed E-state index contributed by atoms with van der Waals surface area (Å²) in [7, 11) is 0. The monoisotopic (exact) mass is 349 g/mol. The van der Waals surface area contributed by atoms with Gasteiger partial charge in [-0.3, -0.25) is 9.78 Å². The molecule has 3 aromatic rings.